The minimum atomic E-state index is -1.24. The molecule has 0 amide bonds. The van der Waals surface area contributed by atoms with E-state index in [1.807, 2.05) is 44.2 Å². The molecule has 0 aliphatic carbocycles. The molecule has 4 atom stereocenters. The zero-order chi connectivity index (χ0) is 12.5. The van der Waals surface area contributed by atoms with Gasteiger partial charge in [-0.1, -0.05) is 44.2 Å². The summed E-state index contributed by atoms with van der Waals surface area (Å²) in [7, 11) is 0. The van der Waals surface area contributed by atoms with Gasteiger partial charge in [-0.25, -0.2) is 0 Å². The summed E-state index contributed by atoms with van der Waals surface area (Å²) in [5.41, 5.74) is -0.119. The summed E-state index contributed by atoms with van der Waals surface area (Å²) < 4.78 is 0. The van der Waals surface area contributed by atoms with Crippen LogP contribution in [0.2, 0.25) is 0 Å². The number of nitrogens with one attached hydrogen (secondary N) is 1. The van der Waals surface area contributed by atoms with Crippen LogP contribution in [-0.4, -0.2) is 17.3 Å². The Labute approximate surface area is 102 Å². The maximum Gasteiger partial charge on any atom is 0.159 e. The van der Waals surface area contributed by atoms with Crippen molar-refractivity contribution in [3.8, 4) is 6.07 Å². The summed E-state index contributed by atoms with van der Waals surface area (Å²) in [4.78, 5) is 0. The molecule has 1 saturated heterocycles. The minimum Gasteiger partial charge on any atom is -0.375 e. The van der Waals surface area contributed by atoms with Gasteiger partial charge in [0.1, 0.15) is 0 Å². The van der Waals surface area contributed by atoms with Gasteiger partial charge in [0.05, 0.1) is 6.07 Å². The van der Waals surface area contributed by atoms with Gasteiger partial charge in [0.25, 0.3) is 0 Å². The highest BCUT2D eigenvalue weighted by Crippen LogP contribution is 2.38. The Balaban J connectivity index is 2.31. The summed E-state index contributed by atoms with van der Waals surface area (Å²) in [6, 6.07) is 12.1. The Bertz CT molecular complexity index is 426. The third-order valence-electron chi connectivity index (χ3n) is 3.93. The number of piperidine rings is 1. The lowest BCUT2D eigenvalue weighted by Crippen LogP contribution is -2.55. The first-order chi connectivity index (χ1) is 8.09. The van der Waals surface area contributed by atoms with E-state index in [2.05, 4.69) is 11.4 Å². The molecule has 0 saturated carbocycles. The van der Waals surface area contributed by atoms with Gasteiger partial charge >= 0.3 is 0 Å². The molecule has 4 unspecified atom stereocenters. The van der Waals surface area contributed by atoms with Crippen molar-refractivity contribution in [2.45, 2.75) is 25.5 Å². The second-order valence-electron chi connectivity index (χ2n) is 4.92. The van der Waals surface area contributed by atoms with Gasteiger partial charge < -0.3 is 10.4 Å². The van der Waals surface area contributed by atoms with Gasteiger partial charge in [-0.05, 0) is 5.56 Å². The smallest absolute Gasteiger partial charge is 0.159 e. The maximum absolute atomic E-state index is 10.4. The number of rotatable bonds is 1. The summed E-state index contributed by atoms with van der Waals surface area (Å²) in [6.07, 6.45) is 0. The first kappa shape index (κ1) is 12.1. The molecule has 90 valence electrons. The van der Waals surface area contributed by atoms with Gasteiger partial charge in [0.15, 0.2) is 5.60 Å². The molecule has 2 rings (SSSR count). The van der Waals surface area contributed by atoms with E-state index in [-0.39, 0.29) is 17.9 Å². The van der Waals surface area contributed by atoms with E-state index < -0.39 is 5.60 Å². The molecule has 0 bridgehead atoms. The molecule has 1 aromatic rings. The monoisotopic (exact) mass is 230 g/mol. The highest BCUT2D eigenvalue weighted by atomic mass is 16.3. The molecule has 3 heteroatoms. The highest BCUT2D eigenvalue weighted by molar-refractivity contribution is 5.24. The summed E-state index contributed by atoms with van der Waals surface area (Å²) in [6.45, 7) is 4.51. The van der Waals surface area contributed by atoms with Crippen molar-refractivity contribution in [3.63, 3.8) is 0 Å². The molecule has 1 heterocycles. The van der Waals surface area contributed by atoms with Crippen LogP contribution in [0.3, 0.4) is 0 Å². The molecule has 1 aliphatic heterocycles. The average molecular weight is 230 g/mol. The number of benzene rings is 1. The van der Waals surface area contributed by atoms with Crippen LogP contribution in [0.1, 0.15) is 25.5 Å². The fourth-order valence-corrected chi connectivity index (χ4v) is 2.62. The fourth-order valence-electron chi connectivity index (χ4n) is 2.62. The van der Waals surface area contributed by atoms with Crippen molar-refractivity contribution in [2.24, 2.45) is 11.8 Å². The zero-order valence-electron chi connectivity index (χ0n) is 10.2. The van der Waals surface area contributed by atoms with E-state index in [4.69, 9.17) is 0 Å². The molecule has 1 fully saturated rings. The Morgan fingerprint density at radius 3 is 2.59 bits per heavy atom. The van der Waals surface area contributed by atoms with Gasteiger partial charge in [-0.15, -0.1) is 0 Å². The third-order valence-corrected chi connectivity index (χ3v) is 3.93. The van der Waals surface area contributed by atoms with Crippen LogP contribution in [0, 0.1) is 23.2 Å². The normalized spacial score (nSPS) is 37.4. The molecule has 0 spiro atoms. The first-order valence-corrected chi connectivity index (χ1v) is 6.01. The van der Waals surface area contributed by atoms with Crippen molar-refractivity contribution < 1.29 is 5.11 Å². The Kier molecular flexibility index (Phi) is 3.19. The number of aliphatic hydroxyl groups is 1. The lowest BCUT2D eigenvalue weighted by Gasteiger charge is -2.43. The van der Waals surface area contributed by atoms with Gasteiger partial charge in [-0.2, -0.15) is 5.26 Å². The lowest BCUT2D eigenvalue weighted by molar-refractivity contribution is -0.0446. The SMILES string of the molecule is CC1CNC(c2ccccc2)C(C)C1(O)C#N. The van der Waals surface area contributed by atoms with Crippen LogP contribution in [-0.2, 0) is 0 Å². The van der Waals surface area contributed by atoms with Crippen LogP contribution in [0.15, 0.2) is 30.3 Å². The lowest BCUT2D eigenvalue weighted by atomic mass is 9.71. The first-order valence-electron chi connectivity index (χ1n) is 6.01. The minimum absolute atomic E-state index is 0.0389. The van der Waals surface area contributed by atoms with Crippen LogP contribution in [0.4, 0.5) is 0 Å². The van der Waals surface area contributed by atoms with E-state index in [0.717, 1.165) is 5.56 Å². The van der Waals surface area contributed by atoms with Gasteiger partial charge in [0, 0.05) is 24.4 Å². The summed E-state index contributed by atoms with van der Waals surface area (Å²) in [5, 5.41) is 23.1. The fraction of sp³-hybridized carbons (Fsp3) is 0.500. The Morgan fingerprint density at radius 1 is 1.35 bits per heavy atom. The van der Waals surface area contributed by atoms with Crippen molar-refractivity contribution in [2.75, 3.05) is 6.54 Å². The second-order valence-corrected chi connectivity index (χ2v) is 4.92. The highest BCUT2D eigenvalue weighted by Gasteiger charge is 2.47. The Hall–Kier alpha value is -1.37. The van der Waals surface area contributed by atoms with Crippen molar-refractivity contribution in [1.82, 2.24) is 5.32 Å². The van der Waals surface area contributed by atoms with E-state index in [9.17, 15) is 10.4 Å². The van der Waals surface area contributed by atoms with Crippen molar-refractivity contribution in [1.29, 1.82) is 5.26 Å². The third kappa shape index (κ3) is 1.95. The molecular formula is C14H18N2O. The predicted octanol–water partition coefficient (Wildman–Crippen LogP) is 1.86. The summed E-state index contributed by atoms with van der Waals surface area (Å²) >= 11 is 0. The van der Waals surface area contributed by atoms with Gasteiger partial charge in [-0.3, -0.25) is 0 Å². The molecule has 3 nitrogen and oxygen atoms in total. The summed E-state index contributed by atoms with van der Waals surface area (Å²) in [5.74, 6) is -0.180. The van der Waals surface area contributed by atoms with E-state index >= 15 is 0 Å². The van der Waals surface area contributed by atoms with Crippen LogP contribution >= 0.6 is 0 Å². The quantitative estimate of drug-likeness (QED) is 0.724. The number of hydrogen-bond donors (Lipinski definition) is 2. The number of nitriles is 1. The number of hydrogen-bond acceptors (Lipinski definition) is 3. The molecule has 0 radical (unpaired) electrons. The molecule has 1 aromatic carbocycles. The largest absolute Gasteiger partial charge is 0.375 e. The molecular weight excluding hydrogens is 212 g/mol. The van der Waals surface area contributed by atoms with Crippen LogP contribution < -0.4 is 5.32 Å². The molecule has 17 heavy (non-hydrogen) atoms. The van der Waals surface area contributed by atoms with Crippen LogP contribution in [0.25, 0.3) is 0 Å². The molecule has 0 aromatic heterocycles. The average Bonchev–Trinajstić information content (AvgIpc) is 2.37. The van der Waals surface area contributed by atoms with Gasteiger partial charge in [0.2, 0.25) is 0 Å². The molecule has 1 aliphatic rings. The van der Waals surface area contributed by atoms with Crippen molar-refractivity contribution in [3.05, 3.63) is 35.9 Å². The van der Waals surface area contributed by atoms with E-state index in [1.165, 1.54) is 0 Å². The zero-order valence-corrected chi connectivity index (χ0v) is 10.2. The topological polar surface area (TPSA) is 56.0 Å². The van der Waals surface area contributed by atoms with E-state index in [1.54, 1.807) is 0 Å². The Morgan fingerprint density at radius 2 is 2.00 bits per heavy atom. The second kappa shape index (κ2) is 4.48. The maximum atomic E-state index is 10.4. The van der Waals surface area contributed by atoms with Crippen LogP contribution in [0.5, 0.6) is 0 Å². The number of nitrogens with zero attached hydrogens (tertiary/aromatic N) is 1. The standard InChI is InChI=1S/C14H18N2O/c1-10-8-16-13(11(2)14(10,17)9-15)12-6-4-3-5-7-12/h3-7,10-11,13,16-17H,8H2,1-2H3. The molecule has 2 N–H and O–H groups in total. The van der Waals surface area contributed by atoms with E-state index in [0.29, 0.717) is 6.54 Å². The predicted molar refractivity (Wildman–Crippen MR) is 66.1 cm³/mol. The van der Waals surface area contributed by atoms with Crippen molar-refractivity contribution >= 4 is 0 Å².